The van der Waals surface area contributed by atoms with E-state index in [1.165, 1.54) is 12.5 Å². The molecule has 0 aliphatic rings. The van der Waals surface area contributed by atoms with E-state index >= 15 is 0 Å². The van der Waals surface area contributed by atoms with Gasteiger partial charge in [-0.05, 0) is 36.2 Å². The highest BCUT2D eigenvalue weighted by Crippen LogP contribution is 2.10. The van der Waals surface area contributed by atoms with Crippen molar-refractivity contribution in [2.24, 2.45) is 0 Å². The number of nitrogens with one attached hydrogen (secondary N) is 1. The first-order valence-electron chi connectivity index (χ1n) is 6.44. The second-order valence-electron chi connectivity index (χ2n) is 4.66. The van der Waals surface area contributed by atoms with Gasteiger partial charge in [0.1, 0.15) is 0 Å². The fourth-order valence-corrected chi connectivity index (χ4v) is 2.45. The van der Waals surface area contributed by atoms with Gasteiger partial charge in [-0.3, -0.25) is 9.78 Å². The van der Waals surface area contributed by atoms with Gasteiger partial charge in [0.05, 0.1) is 10.5 Å². The Morgan fingerprint density at radius 3 is 2.48 bits per heavy atom. The van der Waals surface area contributed by atoms with Crippen LogP contribution in [0.4, 0.5) is 0 Å². The second kappa shape index (κ2) is 6.49. The van der Waals surface area contributed by atoms with Gasteiger partial charge < -0.3 is 5.32 Å². The molecule has 110 valence electrons. The molecule has 0 aliphatic carbocycles. The van der Waals surface area contributed by atoms with Crippen molar-refractivity contribution in [1.82, 2.24) is 10.3 Å². The van der Waals surface area contributed by atoms with Gasteiger partial charge in [0.15, 0.2) is 9.84 Å². The molecule has 6 heteroatoms. The van der Waals surface area contributed by atoms with Crippen molar-refractivity contribution in [2.75, 3.05) is 12.8 Å². The number of pyridine rings is 1. The molecule has 0 saturated heterocycles. The molecule has 0 bridgehead atoms. The predicted molar refractivity (Wildman–Crippen MR) is 79.8 cm³/mol. The molecule has 5 nitrogen and oxygen atoms in total. The highest BCUT2D eigenvalue weighted by atomic mass is 32.2. The van der Waals surface area contributed by atoms with Crippen molar-refractivity contribution in [2.45, 2.75) is 11.3 Å². The average molecular weight is 304 g/mol. The Morgan fingerprint density at radius 1 is 1.19 bits per heavy atom. The Labute approximate surface area is 124 Å². The maximum absolute atomic E-state index is 11.8. The van der Waals surface area contributed by atoms with E-state index in [9.17, 15) is 13.2 Å². The molecule has 1 N–H and O–H groups in total. The van der Waals surface area contributed by atoms with E-state index in [0.717, 1.165) is 5.56 Å². The van der Waals surface area contributed by atoms with Crippen molar-refractivity contribution < 1.29 is 13.2 Å². The summed E-state index contributed by atoms with van der Waals surface area (Å²) in [5.74, 6) is -0.171. The summed E-state index contributed by atoms with van der Waals surface area (Å²) < 4.78 is 22.7. The molecule has 1 aromatic heterocycles. The van der Waals surface area contributed by atoms with E-state index in [1.807, 2.05) is 0 Å². The highest BCUT2D eigenvalue weighted by Gasteiger charge is 2.07. The molecule has 1 amide bonds. The summed E-state index contributed by atoms with van der Waals surface area (Å²) in [4.78, 5) is 16.0. The van der Waals surface area contributed by atoms with Crippen LogP contribution in [0.25, 0.3) is 0 Å². The molecule has 1 aromatic carbocycles. The average Bonchev–Trinajstić information content (AvgIpc) is 2.47. The zero-order chi connectivity index (χ0) is 15.3. The van der Waals surface area contributed by atoms with Crippen molar-refractivity contribution >= 4 is 15.7 Å². The first kappa shape index (κ1) is 15.2. The molecule has 0 aliphatic heterocycles. The van der Waals surface area contributed by atoms with Crippen LogP contribution in [0.15, 0.2) is 53.7 Å². The minimum Gasteiger partial charge on any atom is -0.352 e. The first-order chi connectivity index (χ1) is 9.97. The summed E-state index contributed by atoms with van der Waals surface area (Å²) in [6.07, 6.45) is 4.93. The Morgan fingerprint density at radius 2 is 1.90 bits per heavy atom. The molecule has 0 spiro atoms. The Bertz CT molecular complexity index is 710. The fraction of sp³-hybridized carbons (Fsp3) is 0.200. The lowest BCUT2D eigenvalue weighted by atomic mass is 10.1. The second-order valence-corrected chi connectivity index (χ2v) is 6.68. The lowest BCUT2D eigenvalue weighted by Gasteiger charge is -2.06. The van der Waals surface area contributed by atoms with Crippen molar-refractivity contribution in [3.63, 3.8) is 0 Å². The number of nitrogens with zero attached hydrogens (tertiary/aromatic N) is 1. The van der Waals surface area contributed by atoms with Crippen LogP contribution in [0, 0.1) is 0 Å². The number of carbonyl (C=O) groups is 1. The van der Waals surface area contributed by atoms with E-state index in [4.69, 9.17) is 0 Å². The van der Waals surface area contributed by atoms with Gasteiger partial charge in [0.25, 0.3) is 5.91 Å². The number of aromatic nitrogens is 1. The van der Waals surface area contributed by atoms with E-state index in [-0.39, 0.29) is 5.91 Å². The standard InChI is InChI=1S/C15H16N2O3S/c1-21(19,20)14-6-4-12(5-7-14)8-10-17-15(18)13-3-2-9-16-11-13/h2-7,9,11H,8,10H2,1H3,(H,17,18). The molecule has 2 aromatic rings. The molecule has 1 heterocycles. The quantitative estimate of drug-likeness (QED) is 0.907. The summed E-state index contributed by atoms with van der Waals surface area (Å²) in [6, 6.07) is 10.1. The molecular weight excluding hydrogens is 288 g/mol. The van der Waals surface area contributed by atoms with Gasteiger partial charge in [0, 0.05) is 25.2 Å². The predicted octanol–water partition coefficient (Wildman–Crippen LogP) is 1.46. The summed E-state index contributed by atoms with van der Waals surface area (Å²) in [5, 5.41) is 2.80. The van der Waals surface area contributed by atoms with Crippen molar-refractivity contribution in [1.29, 1.82) is 0 Å². The van der Waals surface area contributed by atoms with E-state index < -0.39 is 9.84 Å². The molecule has 0 saturated carbocycles. The van der Waals surface area contributed by atoms with Gasteiger partial charge in [-0.15, -0.1) is 0 Å². The molecule has 0 fully saturated rings. The van der Waals surface area contributed by atoms with Crippen LogP contribution in [0.3, 0.4) is 0 Å². The number of benzene rings is 1. The Balaban J connectivity index is 1.88. The SMILES string of the molecule is CS(=O)(=O)c1ccc(CCNC(=O)c2cccnc2)cc1. The smallest absolute Gasteiger partial charge is 0.252 e. The summed E-state index contributed by atoms with van der Waals surface area (Å²) >= 11 is 0. The van der Waals surface area contributed by atoms with Crippen LogP contribution in [0.2, 0.25) is 0 Å². The van der Waals surface area contributed by atoms with Crippen molar-refractivity contribution in [3.05, 3.63) is 59.9 Å². The number of hydrogen-bond acceptors (Lipinski definition) is 4. The van der Waals surface area contributed by atoms with Crippen LogP contribution in [0.5, 0.6) is 0 Å². The molecule has 0 radical (unpaired) electrons. The van der Waals surface area contributed by atoms with Gasteiger partial charge >= 0.3 is 0 Å². The van der Waals surface area contributed by atoms with Crippen molar-refractivity contribution in [3.8, 4) is 0 Å². The molecule has 2 rings (SSSR count). The van der Waals surface area contributed by atoms with Crippen LogP contribution in [-0.2, 0) is 16.3 Å². The fourth-order valence-electron chi connectivity index (χ4n) is 1.82. The topological polar surface area (TPSA) is 76.1 Å². The number of amides is 1. The molecule has 0 atom stereocenters. The van der Waals surface area contributed by atoms with Gasteiger partial charge in [-0.1, -0.05) is 12.1 Å². The number of hydrogen-bond donors (Lipinski definition) is 1. The van der Waals surface area contributed by atoms with Crippen LogP contribution in [0.1, 0.15) is 15.9 Å². The van der Waals surface area contributed by atoms with Gasteiger partial charge in [-0.25, -0.2) is 8.42 Å². The zero-order valence-electron chi connectivity index (χ0n) is 11.6. The lowest BCUT2D eigenvalue weighted by Crippen LogP contribution is -2.25. The van der Waals surface area contributed by atoms with Crippen LogP contribution < -0.4 is 5.32 Å². The normalized spacial score (nSPS) is 11.1. The zero-order valence-corrected chi connectivity index (χ0v) is 12.4. The third-order valence-corrected chi connectivity index (χ3v) is 4.10. The Kier molecular flexibility index (Phi) is 4.70. The van der Waals surface area contributed by atoms with Crippen LogP contribution in [-0.4, -0.2) is 32.1 Å². The summed E-state index contributed by atoms with van der Waals surface area (Å²) in [6.45, 7) is 0.478. The van der Waals surface area contributed by atoms with E-state index in [2.05, 4.69) is 10.3 Å². The van der Waals surface area contributed by atoms with Gasteiger partial charge in [-0.2, -0.15) is 0 Å². The maximum Gasteiger partial charge on any atom is 0.252 e. The summed E-state index contributed by atoms with van der Waals surface area (Å²) in [5.41, 5.74) is 1.49. The van der Waals surface area contributed by atoms with E-state index in [1.54, 1.807) is 42.6 Å². The number of sulfone groups is 1. The monoisotopic (exact) mass is 304 g/mol. The minimum atomic E-state index is -3.17. The molecule has 21 heavy (non-hydrogen) atoms. The third kappa shape index (κ3) is 4.39. The van der Waals surface area contributed by atoms with Crippen LogP contribution >= 0.6 is 0 Å². The summed E-state index contributed by atoms with van der Waals surface area (Å²) in [7, 11) is -3.17. The number of rotatable bonds is 5. The first-order valence-corrected chi connectivity index (χ1v) is 8.33. The number of carbonyl (C=O) groups excluding carboxylic acids is 1. The Hall–Kier alpha value is -2.21. The van der Waals surface area contributed by atoms with E-state index in [0.29, 0.717) is 23.4 Å². The highest BCUT2D eigenvalue weighted by molar-refractivity contribution is 7.90. The maximum atomic E-state index is 11.8. The molecule has 0 unspecified atom stereocenters. The minimum absolute atomic E-state index is 0.171. The largest absolute Gasteiger partial charge is 0.352 e. The molecular formula is C15H16N2O3S. The third-order valence-electron chi connectivity index (χ3n) is 2.97. The van der Waals surface area contributed by atoms with Gasteiger partial charge in [0.2, 0.25) is 0 Å². The lowest BCUT2D eigenvalue weighted by molar-refractivity contribution is 0.0954.